The van der Waals surface area contributed by atoms with E-state index >= 15 is 0 Å². The molecule has 2 bridgehead atoms. The summed E-state index contributed by atoms with van der Waals surface area (Å²) in [6, 6.07) is 12.9. The Morgan fingerprint density at radius 3 is 2.43 bits per heavy atom. The Kier molecular flexibility index (Phi) is 10.8. The molecule has 6 heterocycles. The van der Waals surface area contributed by atoms with Crippen molar-refractivity contribution in [3.63, 3.8) is 0 Å². The highest BCUT2D eigenvalue weighted by Crippen LogP contribution is 2.33. The van der Waals surface area contributed by atoms with Gasteiger partial charge in [0.2, 0.25) is 11.5 Å². The van der Waals surface area contributed by atoms with Gasteiger partial charge < -0.3 is 15.4 Å². The minimum absolute atomic E-state index is 0.146. The highest BCUT2D eigenvalue weighted by atomic mass is 35.5. The minimum atomic E-state index is -5.08. The van der Waals surface area contributed by atoms with E-state index in [9.17, 15) is 27.6 Å². The van der Waals surface area contributed by atoms with Crippen molar-refractivity contribution in [2.24, 2.45) is 5.92 Å². The molecule has 0 fully saturated rings. The Morgan fingerprint density at radius 2 is 1.76 bits per heavy atom. The first-order valence-electron chi connectivity index (χ1n) is 16.0. The van der Waals surface area contributed by atoms with Crippen LogP contribution in [0.1, 0.15) is 37.9 Å². The number of aromatic nitrogens is 9. The lowest BCUT2D eigenvalue weighted by Gasteiger charge is -2.22. The highest BCUT2D eigenvalue weighted by molar-refractivity contribution is 6.31. The van der Waals surface area contributed by atoms with Crippen molar-refractivity contribution < 1.29 is 27.9 Å². The summed E-state index contributed by atoms with van der Waals surface area (Å²) in [6.45, 7) is 1.87. The monoisotopic (exact) mass is 782 g/mol. The maximum atomic E-state index is 13.8. The fraction of sp³-hybridized carbons (Fsp3) is 0.206. The van der Waals surface area contributed by atoms with Gasteiger partial charge in [-0.25, -0.2) is 19.1 Å². The standard InChI is InChI=1S/C32H26Cl2N10O3.C2HF3O2/c1-18-3-2-4-27(42-17-37-23(13-30(42)46)22-12-20(33)5-7-26(22)44-16-28(34)39-41-44)24-11-19(9-10-35-24)31-25(38-32(18)47)15-43(40-31)21-6-8-29(45)36-14-21;3-2(4,5)1(6)7/h5-18,27H,2-4H2,1H3,(H,36,45)(H,38,47);(H,6,7)/t18-,27+;/m1./s1. The number of hydrogen-bond acceptors (Lipinski definition) is 9. The van der Waals surface area contributed by atoms with Gasteiger partial charge in [0, 0.05) is 46.6 Å². The van der Waals surface area contributed by atoms with E-state index in [1.165, 1.54) is 23.1 Å². The second-order valence-electron chi connectivity index (χ2n) is 12.0. The van der Waals surface area contributed by atoms with E-state index in [4.69, 9.17) is 38.2 Å². The number of aromatic amines is 1. The number of anilines is 1. The van der Waals surface area contributed by atoms with E-state index in [1.54, 1.807) is 64.4 Å². The number of fused-ring (bicyclic) bond motifs is 4. The lowest BCUT2D eigenvalue weighted by atomic mass is 9.97. The van der Waals surface area contributed by atoms with Crippen molar-refractivity contribution in [3.05, 3.63) is 116 Å². The molecule has 20 heteroatoms. The first kappa shape index (κ1) is 37.6. The summed E-state index contributed by atoms with van der Waals surface area (Å²) in [6.07, 6.45) is 4.65. The van der Waals surface area contributed by atoms with Crippen LogP contribution in [-0.2, 0) is 9.59 Å². The molecule has 3 N–H and O–H groups in total. The summed E-state index contributed by atoms with van der Waals surface area (Å²) in [5, 5.41) is 23.5. The van der Waals surface area contributed by atoms with E-state index in [0.717, 1.165) is 0 Å². The molecular weight excluding hydrogens is 756 g/mol. The first-order valence-corrected chi connectivity index (χ1v) is 16.8. The number of carbonyl (C=O) groups excluding carboxylic acids is 1. The lowest BCUT2D eigenvalue weighted by Crippen LogP contribution is -2.27. The lowest BCUT2D eigenvalue weighted by molar-refractivity contribution is -0.192. The van der Waals surface area contributed by atoms with Crippen molar-refractivity contribution in [1.82, 2.24) is 44.3 Å². The van der Waals surface area contributed by atoms with Gasteiger partial charge in [-0.3, -0.25) is 23.9 Å². The molecule has 278 valence electrons. The third kappa shape index (κ3) is 8.39. The van der Waals surface area contributed by atoms with E-state index in [0.29, 0.717) is 69.6 Å². The Morgan fingerprint density at radius 1 is 0.981 bits per heavy atom. The van der Waals surface area contributed by atoms with Crippen LogP contribution in [-0.4, -0.2) is 67.5 Å². The molecule has 0 saturated carbocycles. The molecule has 2 atom stereocenters. The molecule has 0 radical (unpaired) electrons. The van der Waals surface area contributed by atoms with Crippen LogP contribution in [0.2, 0.25) is 10.2 Å². The van der Waals surface area contributed by atoms with Gasteiger partial charge in [0.1, 0.15) is 5.69 Å². The summed E-state index contributed by atoms with van der Waals surface area (Å²) >= 11 is 12.3. The van der Waals surface area contributed by atoms with Crippen molar-refractivity contribution in [1.29, 1.82) is 0 Å². The molecule has 0 unspecified atom stereocenters. The van der Waals surface area contributed by atoms with Gasteiger partial charge >= 0.3 is 12.1 Å². The third-order valence-corrected chi connectivity index (χ3v) is 8.73. The molecular formula is C34H27Cl2F3N10O5. The summed E-state index contributed by atoms with van der Waals surface area (Å²) in [4.78, 5) is 59.6. The molecule has 6 aromatic rings. The predicted octanol–water partition coefficient (Wildman–Crippen LogP) is 5.72. The number of carbonyl (C=O) groups is 2. The zero-order valence-electron chi connectivity index (χ0n) is 27.8. The fourth-order valence-corrected chi connectivity index (χ4v) is 5.93. The van der Waals surface area contributed by atoms with Gasteiger partial charge in [-0.15, -0.1) is 5.10 Å². The molecule has 54 heavy (non-hydrogen) atoms. The summed E-state index contributed by atoms with van der Waals surface area (Å²) < 4.78 is 36.4. The molecule has 1 amide bonds. The maximum absolute atomic E-state index is 13.8. The average Bonchev–Trinajstić information content (AvgIpc) is 3.76. The van der Waals surface area contributed by atoms with Crippen LogP contribution < -0.4 is 16.4 Å². The molecule has 0 aliphatic carbocycles. The quantitative estimate of drug-likeness (QED) is 0.199. The molecule has 15 nitrogen and oxygen atoms in total. The van der Waals surface area contributed by atoms with E-state index < -0.39 is 18.2 Å². The van der Waals surface area contributed by atoms with Crippen molar-refractivity contribution in [2.45, 2.75) is 38.4 Å². The van der Waals surface area contributed by atoms with Crippen LogP contribution in [0.25, 0.3) is 33.9 Å². The summed E-state index contributed by atoms with van der Waals surface area (Å²) in [7, 11) is 0. The number of amides is 1. The molecule has 0 saturated heterocycles. The Labute approximate surface area is 312 Å². The smallest absolute Gasteiger partial charge is 0.475 e. The van der Waals surface area contributed by atoms with Gasteiger partial charge in [0.05, 0.1) is 53.2 Å². The number of benzene rings is 1. The number of pyridine rings is 2. The number of hydrogen-bond donors (Lipinski definition) is 3. The first-order chi connectivity index (χ1) is 25.7. The minimum Gasteiger partial charge on any atom is -0.475 e. The number of alkyl halides is 3. The van der Waals surface area contributed by atoms with Crippen molar-refractivity contribution in [2.75, 3.05) is 5.32 Å². The zero-order valence-corrected chi connectivity index (χ0v) is 29.3. The van der Waals surface area contributed by atoms with E-state index in [1.807, 2.05) is 13.0 Å². The number of aliphatic carboxylic acids is 1. The number of rotatable bonds is 4. The van der Waals surface area contributed by atoms with E-state index in [-0.39, 0.29) is 28.1 Å². The number of nitrogens with zero attached hydrogens (tertiary/aromatic N) is 8. The van der Waals surface area contributed by atoms with Gasteiger partial charge in [0.15, 0.2) is 5.15 Å². The average molecular weight is 784 g/mol. The maximum Gasteiger partial charge on any atom is 0.490 e. The molecule has 5 aromatic heterocycles. The molecule has 1 aromatic carbocycles. The normalized spacial score (nSPS) is 15.9. The van der Waals surface area contributed by atoms with Crippen molar-refractivity contribution >= 4 is 40.8 Å². The molecule has 0 spiro atoms. The Balaban J connectivity index is 0.000000649. The van der Waals surface area contributed by atoms with Crippen LogP contribution in [0.15, 0.2) is 89.2 Å². The third-order valence-electron chi connectivity index (χ3n) is 8.32. The topological polar surface area (TPSA) is 196 Å². The van der Waals surface area contributed by atoms with Gasteiger partial charge in [0.25, 0.3) is 5.56 Å². The highest BCUT2D eigenvalue weighted by Gasteiger charge is 2.38. The molecule has 1 aliphatic rings. The molecule has 7 rings (SSSR count). The van der Waals surface area contributed by atoms with Gasteiger partial charge in [-0.2, -0.15) is 18.3 Å². The van der Waals surface area contributed by atoms with Crippen LogP contribution in [0.5, 0.6) is 0 Å². The van der Waals surface area contributed by atoms with E-state index in [2.05, 4.69) is 30.6 Å². The predicted molar refractivity (Wildman–Crippen MR) is 190 cm³/mol. The Bertz CT molecular complexity index is 2460. The van der Waals surface area contributed by atoms with Crippen LogP contribution in [0.3, 0.4) is 0 Å². The number of carboxylic acids is 1. The van der Waals surface area contributed by atoms with Crippen LogP contribution in [0.4, 0.5) is 18.9 Å². The summed E-state index contributed by atoms with van der Waals surface area (Å²) in [5.41, 5.74) is 4.02. The van der Waals surface area contributed by atoms with Crippen LogP contribution in [0, 0.1) is 5.92 Å². The zero-order chi connectivity index (χ0) is 38.7. The second-order valence-corrected chi connectivity index (χ2v) is 12.8. The second kappa shape index (κ2) is 15.5. The Hall–Kier alpha value is -6.14. The SMILES string of the molecule is C[C@@H]1CCC[C@H](n2cnc(-c3cc(Cl)ccc3-n3cc(Cl)nn3)cc2=O)c2cc(ccn2)-c2nn(-c3ccc(=O)[nH]c3)cc2NC1=O.O=C(O)C(F)(F)F. The molecule has 1 aliphatic heterocycles. The summed E-state index contributed by atoms with van der Waals surface area (Å²) in [5.74, 6) is -3.21. The number of H-pyrrole nitrogens is 1. The number of carboxylic acid groups (broad SMARTS) is 1. The van der Waals surface area contributed by atoms with Gasteiger partial charge in [-0.1, -0.05) is 41.8 Å². The van der Waals surface area contributed by atoms with Gasteiger partial charge in [-0.05, 0) is 49.2 Å². The number of halogens is 5. The largest absolute Gasteiger partial charge is 0.490 e. The van der Waals surface area contributed by atoms with Crippen LogP contribution >= 0.6 is 23.2 Å². The number of nitrogens with one attached hydrogen (secondary N) is 2. The van der Waals surface area contributed by atoms with Crippen molar-refractivity contribution in [3.8, 4) is 33.9 Å². The fourth-order valence-electron chi connectivity index (χ4n) is 5.63.